The van der Waals surface area contributed by atoms with Crippen molar-refractivity contribution in [3.8, 4) is 0 Å². The first-order valence-electron chi connectivity index (χ1n) is 8.47. The van der Waals surface area contributed by atoms with E-state index in [2.05, 4.69) is 4.98 Å². The molecule has 26 heavy (non-hydrogen) atoms. The third-order valence-electron chi connectivity index (χ3n) is 4.42. The molecule has 1 heterocycles. The van der Waals surface area contributed by atoms with E-state index in [1.165, 1.54) is 10.1 Å². The minimum Gasteiger partial charge on any atom is -0.341 e. The van der Waals surface area contributed by atoms with Gasteiger partial charge in [0.2, 0.25) is 5.91 Å². The zero-order valence-electron chi connectivity index (χ0n) is 14.9. The predicted molar refractivity (Wildman–Crippen MR) is 101 cm³/mol. The Morgan fingerprint density at radius 3 is 2.50 bits per heavy atom. The Morgan fingerprint density at radius 1 is 1.08 bits per heavy atom. The van der Waals surface area contributed by atoms with E-state index in [1.54, 1.807) is 36.2 Å². The van der Waals surface area contributed by atoms with Gasteiger partial charge in [-0.1, -0.05) is 42.0 Å². The number of aromatic nitrogens is 2. The fraction of sp³-hybridized carbons (Fsp3) is 0.250. The van der Waals surface area contributed by atoms with Crippen LogP contribution in [0, 0.1) is 6.92 Å². The van der Waals surface area contributed by atoms with Crippen LogP contribution >= 0.6 is 0 Å². The summed E-state index contributed by atoms with van der Waals surface area (Å²) in [5.74, 6) is -0.0623. The number of para-hydroxylation sites is 1. The molecule has 134 valence electrons. The summed E-state index contributed by atoms with van der Waals surface area (Å²) in [6, 6.07) is 14.9. The van der Waals surface area contributed by atoms with E-state index in [4.69, 9.17) is 0 Å². The maximum Gasteiger partial charge on any atom is 0.328 e. The number of carbonyl (C=O) groups is 1. The van der Waals surface area contributed by atoms with Gasteiger partial charge in [-0.3, -0.25) is 19.1 Å². The van der Waals surface area contributed by atoms with Crippen molar-refractivity contribution in [3.63, 3.8) is 0 Å². The second kappa shape index (κ2) is 7.39. The molecule has 0 spiro atoms. The lowest BCUT2D eigenvalue weighted by Crippen LogP contribution is -2.33. The number of hydrogen-bond acceptors (Lipinski definition) is 3. The van der Waals surface area contributed by atoms with Crippen molar-refractivity contribution in [1.82, 2.24) is 14.5 Å². The highest BCUT2D eigenvalue weighted by atomic mass is 16.2. The highest BCUT2D eigenvalue weighted by Gasteiger charge is 2.12. The van der Waals surface area contributed by atoms with Gasteiger partial charge in [0.05, 0.1) is 10.9 Å². The van der Waals surface area contributed by atoms with E-state index in [0.717, 1.165) is 5.56 Å². The van der Waals surface area contributed by atoms with Crippen LogP contribution in [-0.2, 0) is 17.9 Å². The number of amides is 1. The van der Waals surface area contributed by atoms with Crippen molar-refractivity contribution in [1.29, 1.82) is 0 Å². The Kier molecular flexibility index (Phi) is 5.02. The molecule has 3 aromatic rings. The third-order valence-corrected chi connectivity index (χ3v) is 4.42. The number of hydrogen-bond donors (Lipinski definition) is 1. The molecule has 0 saturated heterocycles. The van der Waals surface area contributed by atoms with Gasteiger partial charge >= 0.3 is 5.69 Å². The smallest absolute Gasteiger partial charge is 0.328 e. The van der Waals surface area contributed by atoms with Gasteiger partial charge in [-0.25, -0.2) is 4.79 Å². The maximum atomic E-state index is 12.4. The van der Waals surface area contributed by atoms with Gasteiger partial charge < -0.3 is 4.90 Å². The van der Waals surface area contributed by atoms with Crippen LogP contribution in [0.25, 0.3) is 10.9 Å². The van der Waals surface area contributed by atoms with Crippen LogP contribution in [0.1, 0.15) is 17.5 Å². The average Bonchev–Trinajstić information content (AvgIpc) is 2.63. The molecule has 1 N–H and O–H groups in total. The molecule has 1 amide bonds. The van der Waals surface area contributed by atoms with Crippen LogP contribution in [-0.4, -0.2) is 27.4 Å². The van der Waals surface area contributed by atoms with E-state index in [1.807, 2.05) is 31.2 Å². The van der Waals surface area contributed by atoms with E-state index < -0.39 is 11.2 Å². The van der Waals surface area contributed by atoms with Crippen molar-refractivity contribution in [2.24, 2.45) is 0 Å². The summed E-state index contributed by atoms with van der Waals surface area (Å²) in [5, 5.41) is 0.438. The molecule has 3 rings (SSSR count). The number of aryl methyl sites for hydroxylation is 2. The lowest BCUT2D eigenvalue weighted by Gasteiger charge is -2.18. The van der Waals surface area contributed by atoms with Crippen LogP contribution in [0.15, 0.2) is 58.1 Å². The first-order valence-corrected chi connectivity index (χ1v) is 8.47. The van der Waals surface area contributed by atoms with Gasteiger partial charge in [-0.2, -0.15) is 0 Å². The number of rotatable bonds is 5. The topological polar surface area (TPSA) is 75.2 Å². The SMILES string of the molecule is Cc1ccc(CN(C)C(=O)CCn2c(=O)[nH]c(=O)c3ccccc32)cc1. The second-order valence-electron chi connectivity index (χ2n) is 6.41. The summed E-state index contributed by atoms with van der Waals surface area (Å²) >= 11 is 0. The molecule has 6 heteroatoms. The number of H-pyrrole nitrogens is 1. The highest BCUT2D eigenvalue weighted by Crippen LogP contribution is 2.09. The Bertz CT molecular complexity index is 1050. The lowest BCUT2D eigenvalue weighted by molar-refractivity contribution is -0.130. The lowest BCUT2D eigenvalue weighted by atomic mass is 10.1. The Morgan fingerprint density at radius 2 is 1.77 bits per heavy atom. The Labute approximate surface area is 150 Å². The molecule has 0 saturated carbocycles. The normalized spacial score (nSPS) is 10.8. The summed E-state index contributed by atoms with van der Waals surface area (Å²) in [5.41, 5.74) is 1.85. The zero-order valence-corrected chi connectivity index (χ0v) is 14.9. The molecule has 0 atom stereocenters. The summed E-state index contributed by atoms with van der Waals surface area (Å²) in [6.07, 6.45) is 0.179. The highest BCUT2D eigenvalue weighted by molar-refractivity contribution is 5.78. The maximum absolute atomic E-state index is 12.4. The molecule has 0 aliphatic rings. The molecule has 1 aromatic heterocycles. The van der Waals surface area contributed by atoms with Crippen LogP contribution < -0.4 is 11.2 Å². The van der Waals surface area contributed by atoms with E-state index in [9.17, 15) is 14.4 Å². The molecule has 0 unspecified atom stereocenters. The number of nitrogens with zero attached hydrogens (tertiary/aromatic N) is 2. The van der Waals surface area contributed by atoms with Crippen molar-refractivity contribution < 1.29 is 4.79 Å². The van der Waals surface area contributed by atoms with Crippen LogP contribution in [0.4, 0.5) is 0 Å². The number of carbonyl (C=O) groups excluding carboxylic acids is 1. The predicted octanol–water partition coefficient (Wildman–Crippen LogP) is 2.05. The first-order chi connectivity index (χ1) is 12.5. The first kappa shape index (κ1) is 17.7. The van der Waals surface area contributed by atoms with Crippen molar-refractivity contribution in [3.05, 3.63) is 80.5 Å². The van der Waals surface area contributed by atoms with Gasteiger partial charge in [-0.05, 0) is 24.6 Å². The number of aromatic amines is 1. The van der Waals surface area contributed by atoms with Gasteiger partial charge in [-0.15, -0.1) is 0 Å². The number of benzene rings is 2. The van der Waals surface area contributed by atoms with Crippen molar-refractivity contribution in [2.45, 2.75) is 26.4 Å². The molecule has 0 radical (unpaired) electrons. The minimum absolute atomic E-state index is 0.0623. The van der Waals surface area contributed by atoms with Crippen LogP contribution in [0.3, 0.4) is 0 Å². The summed E-state index contributed by atoms with van der Waals surface area (Å²) in [7, 11) is 1.75. The molecular weight excluding hydrogens is 330 g/mol. The van der Waals surface area contributed by atoms with Gasteiger partial charge in [0.25, 0.3) is 5.56 Å². The molecule has 0 fully saturated rings. The molecule has 6 nitrogen and oxygen atoms in total. The van der Waals surface area contributed by atoms with E-state index in [0.29, 0.717) is 17.4 Å². The minimum atomic E-state index is -0.498. The summed E-state index contributed by atoms with van der Waals surface area (Å²) < 4.78 is 1.44. The molecular formula is C20H21N3O3. The fourth-order valence-electron chi connectivity index (χ4n) is 2.92. The third kappa shape index (κ3) is 3.74. The Balaban J connectivity index is 1.73. The van der Waals surface area contributed by atoms with E-state index in [-0.39, 0.29) is 18.9 Å². The van der Waals surface area contributed by atoms with Gasteiger partial charge in [0, 0.05) is 26.6 Å². The van der Waals surface area contributed by atoms with Crippen molar-refractivity contribution in [2.75, 3.05) is 7.05 Å². The second-order valence-corrected chi connectivity index (χ2v) is 6.41. The Hall–Kier alpha value is -3.15. The average molecular weight is 351 g/mol. The van der Waals surface area contributed by atoms with E-state index >= 15 is 0 Å². The molecule has 2 aromatic carbocycles. The van der Waals surface area contributed by atoms with Crippen LogP contribution in [0.2, 0.25) is 0 Å². The molecule has 0 bridgehead atoms. The standard InChI is InChI=1S/C20H21N3O3/c1-14-7-9-15(10-8-14)13-22(2)18(24)11-12-23-17-6-4-3-5-16(17)19(25)21-20(23)26/h3-10H,11-13H2,1-2H3,(H,21,25,26). The molecule has 0 aliphatic carbocycles. The number of nitrogens with one attached hydrogen (secondary N) is 1. The number of fused-ring (bicyclic) bond motifs is 1. The van der Waals surface area contributed by atoms with Gasteiger partial charge in [0.1, 0.15) is 0 Å². The summed E-state index contributed by atoms with van der Waals surface area (Å²) in [6.45, 7) is 2.75. The summed E-state index contributed by atoms with van der Waals surface area (Å²) in [4.78, 5) is 40.4. The van der Waals surface area contributed by atoms with Crippen LogP contribution in [0.5, 0.6) is 0 Å². The fourth-order valence-corrected chi connectivity index (χ4v) is 2.92. The monoisotopic (exact) mass is 351 g/mol. The van der Waals surface area contributed by atoms with Crippen molar-refractivity contribution >= 4 is 16.8 Å². The molecule has 0 aliphatic heterocycles. The van der Waals surface area contributed by atoms with Gasteiger partial charge in [0.15, 0.2) is 0 Å². The largest absolute Gasteiger partial charge is 0.341 e. The quantitative estimate of drug-likeness (QED) is 0.764. The zero-order chi connectivity index (χ0) is 18.7.